The lowest BCUT2D eigenvalue weighted by molar-refractivity contribution is -0.170. The van der Waals surface area contributed by atoms with Crippen LogP contribution >= 0.6 is 23.1 Å². The zero-order valence-electron chi connectivity index (χ0n) is 23.1. The molecule has 3 atom stereocenters. The molecule has 1 aromatic rings. The number of hydrogen-bond donors (Lipinski definition) is 2. The van der Waals surface area contributed by atoms with Crippen molar-refractivity contribution < 1.29 is 47.7 Å². The predicted molar refractivity (Wildman–Crippen MR) is 149 cm³/mol. The van der Waals surface area contributed by atoms with Crippen molar-refractivity contribution in [3.63, 3.8) is 0 Å². The normalized spacial score (nSPS) is 21.0. The SMILES string of the molecule is CC(=O)CC(=O)OCC1=C(C(=O)OC(C)OC(=O)OC2CCCCC2)N2C(=O)[C@@H](NC(=O)Cc3csc(N)n3)[C@H]2SC1. The van der Waals surface area contributed by atoms with Gasteiger partial charge in [-0.2, -0.15) is 0 Å². The lowest BCUT2D eigenvalue weighted by Crippen LogP contribution is -2.70. The third-order valence-electron chi connectivity index (χ3n) is 6.62. The summed E-state index contributed by atoms with van der Waals surface area (Å²) >= 11 is 2.44. The van der Waals surface area contributed by atoms with E-state index in [1.54, 1.807) is 5.38 Å². The number of thiazole rings is 1. The summed E-state index contributed by atoms with van der Waals surface area (Å²) in [5, 5.41) is 3.98. The van der Waals surface area contributed by atoms with Crippen LogP contribution in [0.1, 0.15) is 58.1 Å². The number of nitrogens with one attached hydrogen (secondary N) is 1. The van der Waals surface area contributed by atoms with Crippen LogP contribution in [0.5, 0.6) is 0 Å². The molecule has 1 aliphatic carbocycles. The molecule has 42 heavy (non-hydrogen) atoms. The molecule has 3 aliphatic rings. The Morgan fingerprint density at radius 1 is 1.17 bits per heavy atom. The van der Waals surface area contributed by atoms with Gasteiger partial charge in [0.1, 0.15) is 42.0 Å². The van der Waals surface area contributed by atoms with Crippen molar-refractivity contribution in [3.05, 3.63) is 22.3 Å². The van der Waals surface area contributed by atoms with Crippen molar-refractivity contribution in [2.24, 2.45) is 0 Å². The first-order valence-electron chi connectivity index (χ1n) is 13.4. The van der Waals surface area contributed by atoms with Gasteiger partial charge in [0.2, 0.25) is 12.2 Å². The molecule has 3 heterocycles. The maximum absolute atomic E-state index is 13.3. The monoisotopic (exact) mass is 624 g/mol. The van der Waals surface area contributed by atoms with Crippen LogP contribution in [0.4, 0.5) is 9.93 Å². The van der Waals surface area contributed by atoms with Gasteiger partial charge >= 0.3 is 18.1 Å². The minimum atomic E-state index is -1.35. The molecule has 0 radical (unpaired) electrons. The number of carbonyl (C=O) groups is 6. The topological polar surface area (TPSA) is 194 Å². The van der Waals surface area contributed by atoms with E-state index >= 15 is 0 Å². The number of nitrogens with two attached hydrogens (primary N) is 1. The van der Waals surface area contributed by atoms with Crippen molar-refractivity contribution in [3.8, 4) is 0 Å². The first kappa shape index (κ1) is 31.3. The lowest BCUT2D eigenvalue weighted by Gasteiger charge is -2.49. The van der Waals surface area contributed by atoms with E-state index in [-0.39, 0.29) is 36.2 Å². The number of fused-ring (bicyclic) bond motifs is 1. The molecule has 14 nitrogen and oxygen atoms in total. The van der Waals surface area contributed by atoms with E-state index in [1.165, 1.54) is 36.9 Å². The molecule has 0 spiro atoms. The fourth-order valence-electron chi connectivity index (χ4n) is 4.71. The van der Waals surface area contributed by atoms with Crippen LogP contribution in [0.3, 0.4) is 0 Å². The Morgan fingerprint density at radius 3 is 2.57 bits per heavy atom. The minimum absolute atomic E-state index is 0.0806. The number of carbonyl (C=O) groups excluding carboxylic acids is 6. The third-order valence-corrected chi connectivity index (χ3v) is 8.68. The van der Waals surface area contributed by atoms with Crippen LogP contribution in [-0.2, 0) is 49.3 Å². The van der Waals surface area contributed by atoms with E-state index in [2.05, 4.69) is 10.3 Å². The largest absolute Gasteiger partial charge is 0.511 e. The van der Waals surface area contributed by atoms with Crippen molar-refractivity contribution in [1.29, 1.82) is 0 Å². The Morgan fingerprint density at radius 2 is 1.90 bits per heavy atom. The molecule has 1 aromatic heterocycles. The van der Waals surface area contributed by atoms with Gasteiger partial charge in [0.05, 0.1) is 12.1 Å². The highest BCUT2D eigenvalue weighted by Gasteiger charge is 2.54. The summed E-state index contributed by atoms with van der Waals surface area (Å²) in [5.74, 6) is -3.06. The van der Waals surface area contributed by atoms with Gasteiger partial charge in [-0.1, -0.05) is 6.42 Å². The van der Waals surface area contributed by atoms with Gasteiger partial charge in [-0.3, -0.25) is 24.1 Å². The smallest absolute Gasteiger partial charge is 0.461 e. The number of nitrogen functional groups attached to an aromatic ring is 1. The van der Waals surface area contributed by atoms with E-state index in [4.69, 9.17) is 24.7 Å². The number of hydrogen-bond acceptors (Lipinski definition) is 14. The van der Waals surface area contributed by atoms with Crippen LogP contribution in [0.25, 0.3) is 0 Å². The molecule has 2 aliphatic heterocycles. The summed E-state index contributed by atoms with van der Waals surface area (Å²) in [6.45, 7) is 2.19. The van der Waals surface area contributed by atoms with Gasteiger partial charge in [-0.15, -0.1) is 23.1 Å². The average Bonchev–Trinajstić information content (AvgIpc) is 3.33. The first-order valence-corrected chi connectivity index (χ1v) is 15.3. The lowest BCUT2D eigenvalue weighted by atomic mass is 9.98. The molecular weight excluding hydrogens is 592 g/mol. The number of anilines is 1. The number of amides is 2. The zero-order valence-corrected chi connectivity index (χ0v) is 24.8. The highest BCUT2D eigenvalue weighted by atomic mass is 32.2. The number of esters is 2. The fraction of sp³-hybridized carbons (Fsp3) is 0.577. The Hall–Kier alpha value is -3.66. The van der Waals surface area contributed by atoms with Crippen LogP contribution in [0.2, 0.25) is 0 Å². The maximum Gasteiger partial charge on any atom is 0.511 e. The summed E-state index contributed by atoms with van der Waals surface area (Å²) < 4.78 is 20.9. The van der Waals surface area contributed by atoms with E-state index in [0.29, 0.717) is 10.8 Å². The summed E-state index contributed by atoms with van der Waals surface area (Å²) in [7, 11) is 0. The number of nitrogens with zero attached hydrogens (tertiary/aromatic N) is 2. The molecule has 2 amide bonds. The molecular formula is C26H32N4O10S2. The van der Waals surface area contributed by atoms with E-state index in [1.807, 2.05) is 0 Å². The molecule has 16 heteroatoms. The van der Waals surface area contributed by atoms with E-state index in [9.17, 15) is 28.8 Å². The number of aromatic nitrogens is 1. The molecule has 228 valence electrons. The van der Waals surface area contributed by atoms with Gasteiger partial charge in [-0.25, -0.2) is 14.6 Å². The standard InChI is InChI=1S/C26H32N4O10S2/c1-13(31)8-19(33)37-10-15-11-41-23-20(29-18(32)9-16-12-42-25(27)28-16)22(34)30(23)21(15)24(35)38-14(2)39-26(36)40-17-6-4-3-5-7-17/h12,14,17,20,23H,3-11H2,1-2H3,(H2,27,28)(H,29,32)/t14?,20-,23-/m1/s1. The Bertz CT molecular complexity index is 1280. The Kier molecular flexibility index (Phi) is 10.4. The second-order valence-corrected chi connectivity index (χ2v) is 12.0. The highest BCUT2D eigenvalue weighted by molar-refractivity contribution is 8.00. The molecule has 0 bridgehead atoms. The highest BCUT2D eigenvalue weighted by Crippen LogP contribution is 2.41. The summed E-state index contributed by atoms with van der Waals surface area (Å²) in [6, 6.07) is -0.928. The predicted octanol–water partition coefficient (Wildman–Crippen LogP) is 1.82. The second-order valence-electron chi connectivity index (χ2n) is 10.0. The van der Waals surface area contributed by atoms with Gasteiger partial charge in [0, 0.05) is 23.6 Å². The van der Waals surface area contributed by atoms with E-state index < -0.39 is 59.8 Å². The van der Waals surface area contributed by atoms with Crippen molar-refractivity contribution >= 4 is 63.9 Å². The molecule has 1 unspecified atom stereocenters. The number of rotatable bonds is 11. The number of ketones is 1. The summed E-state index contributed by atoms with van der Waals surface area (Å²) in [6.07, 6.45) is 1.31. The number of β-lactam (4-membered cyclic amide) rings is 1. The minimum Gasteiger partial charge on any atom is -0.461 e. The number of Topliss-reactive ketones (excluding diaryl/α,β-unsaturated/α-hetero) is 1. The zero-order chi connectivity index (χ0) is 30.4. The molecule has 1 saturated carbocycles. The number of thioether (sulfide) groups is 1. The molecule has 2 fully saturated rings. The Labute approximate surface area is 249 Å². The van der Waals surface area contributed by atoms with Crippen LogP contribution < -0.4 is 11.1 Å². The maximum atomic E-state index is 13.3. The van der Waals surface area contributed by atoms with E-state index in [0.717, 1.165) is 37.0 Å². The van der Waals surface area contributed by atoms with Crippen molar-refractivity contribution in [2.75, 3.05) is 18.1 Å². The van der Waals surface area contributed by atoms with Crippen LogP contribution in [0.15, 0.2) is 16.7 Å². The first-order chi connectivity index (χ1) is 20.0. The number of ether oxygens (including phenoxy) is 4. The summed E-state index contributed by atoms with van der Waals surface area (Å²) in [4.78, 5) is 79.7. The Balaban J connectivity index is 1.42. The van der Waals surface area contributed by atoms with Gasteiger partial charge in [-0.05, 0) is 32.6 Å². The van der Waals surface area contributed by atoms with Crippen molar-refractivity contribution in [1.82, 2.24) is 15.2 Å². The average molecular weight is 625 g/mol. The molecule has 4 rings (SSSR count). The fourth-order valence-corrected chi connectivity index (χ4v) is 6.60. The van der Waals surface area contributed by atoms with Crippen LogP contribution in [-0.4, -0.2) is 81.7 Å². The van der Waals surface area contributed by atoms with Gasteiger partial charge in [0.25, 0.3) is 5.91 Å². The molecule has 3 N–H and O–H groups in total. The third kappa shape index (κ3) is 8.00. The van der Waals surface area contributed by atoms with Crippen LogP contribution in [0, 0.1) is 0 Å². The summed E-state index contributed by atoms with van der Waals surface area (Å²) in [5.41, 5.74) is 6.14. The van der Waals surface area contributed by atoms with Gasteiger partial charge < -0.3 is 30.0 Å². The molecule has 1 saturated heterocycles. The quantitative estimate of drug-likeness (QED) is 0.119. The van der Waals surface area contributed by atoms with Gasteiger partial charge in [0.15, 0.2) is 5.13 Å². The second kappa shape index (κ2) is 14.0. The molecule has 0 aromatic carbocycles. The van der Waals surface area contributed by atoms with Crippen molar-refractivity contribution in [2.45, 2.75) is 82.6 Å².